The van der Waals surface area contributed by atoms with E-state index in [2.05, 4.69) is 5.32 Å². The highest BCUT2D eigenvalue weighted by Gasteiger charge is 2.12. The predicted molar refractivity (Wildman–Crippen MR) is 74.6 cm³/mol. The zero-order chi connectivity index (χ0) is 14.4. The van der Waals surface area contributed by atoms with E-state index in [1.54, 1.807) is 18.2 Å². The Hall–Kier alpha value is -1.30. The molecule has 19 heavy (non-hydrogen) atoms. The van der Waals surface area contributed by atoms with Crippen molar-refractivity contribution in [1.29, 1.82) is 0 Å². The van der Waals surface area contributed by atoms with Gasteiger partial charge in [0.2, 0.25) is 11.8 Å². The van der Waals surface area contributed by atoms with Gasteiger partial charge in [0.05, 0.1) is 16.6 Å². The molecule has 0 spiro atoms. The fourth-order valence-corrected chi connectivity index (χ4v) is 1.61. The van der Waals surface area contributed by atoms with Crippen LogP contribution in [0.3, 0.4) is 0 Å². The van der Waals surface area contributed by atoms with Crippen molar-refractivity contribution in [3.05, 3.63) is 28.2 Å². The lowest BCUT2D eigenvalue weighted by atomic mass is 10.3. The van der Waals surface area contributed by atoms with Gasteiger partial charge in [0, 0.05) is 19.8 Å². The van der Waals surface area contributed by atoms with Gasteiger partial charge in [0.1, 0.15) is 6.61 Å². The van der Waals surface area contributed by atoms with Crippen molar-refractivity contribution in [2.75, 3.05) is 32.6 Å². The molecule has 0 atom stereocenters. The SMILES string of the molecule is COCC(=O)N(C)CC(=O)Nc1ccc(Cl)c(Cl)c1. The average Bonchev–Trinajstić information content (AvgIpc) is 2.34. The lowest BCUT2D eigenvalue weighted by molar-refractivity contribution is -0.136. The molecule has 0 bridgehead atoms. The number of hydrogen-bond acceptors (Lipinski definition) is 3. The normalized spacial score (nSPS) is 10.1. The number of ether oxygens (including phenoxy) is 1. The molecule has 5 nitrogen and oxygen atoms in total. The Morgan fingerprint density at radius 2 is 2.00 bits per heavy atom. The number of halogens is 2. The van der Waals surface area contributed by atoms with Crippen molar-refractivity contribution in [3.8, 4) is 0 Å². The Bertz CT molecular complexity index is 480. The lowest BCUT2D eigenvalue weighted by Gasteiger charge is -2.16. The molecule has 0 aliphatic carbocycles. The first kappa shape index (κ1) is 15.8. The van der Waals surface area contributed by atoms with E-state index in [1.165, 1.54) is 19.1 Å². The Kier molecular flexibility index (Phi) is 6.08. The molecule has 7 heteroatoms. The van der Waals surface area contributed by atoms with Gasteiger partial charge in [0.15, 0.2) is 0 Å². The molecule has 0 aromatic heterocycles. The molecule has 0 fully saturated rings. The number of methoxy groups -OCH3 is 1. The molecule has 104 valence electrons. The monoisotopic (exact) mass is 304 g/mol. The largest absolute Gasteiger partial charge is 0.375 e. The minimum atomic E-state index is -0.328. The van der Waals surface area contributed by atoms with Gasteiger partial charge in [-0.2, -0.15) is 0 Å². The van der Waals surface area contributed by atoms with Gasteiger partial charge >= 0.3 is 0 Å². The summed E-state index contributed by atoms with van der Waals surface area (Å²) in [6.07, 6.45) is 0. The predicted octanol–water partition coefficient (Wildman–Crippen LogP) is 2.04. The van der Waals surface area contributed by atoms with Crippen LogP contribution in [0.2, 0.25) is 10.0 Å². The maximum atomic E-state index is 11.7. The zero-order valence-corrected chi connectivity index (χ0v) is 12.1. The van der Waals surface area contributed by atoms with Gasteiger partial charge in [-0.15, -0.1) is 0 Å². The molecule has 1 N–H and O–H groups in total. The fraction of sp³-hybridized carbons (Fsp3) is 0.333. The molecular formula is C12H14Cl2N2O3. The first-order valence-electron chi connectivity index (χ1n) is 5.42. The van der Waals surface area contributed by atoms with E-state index in [9.17, 15) is 9.59 Å². The third-order valence-corrected chi connectivity index (χ3v) is 3.02. The molecule has 2 amide bonds. The van der Waals surface area contributed by atoms with Crippen LogP contribution in [0, 0.1) is 0 Å². The van der Waals surface area contributed by atoms with E-state index < -0.39 is 0 Å². The van der Waals surface area contributed by atoms with Crippen LogP contribution in [-0.4, -0.2) is 44.0 Å². The quantitative estimate of drug-likeness (QED) is 0.905. The van der Waals surface area contributed by atoms with Crippen LogP contribution in [-0.2, 0) is 14.3 Å². The molecule has 0 unspecified atom stereocenters. The van der Waals surface area contributed by atoms with Crippen molar-refractivity contribution in [1.82, 2.24) is 4.90 Å². The second kappa shape index (κ2) is 7.33. The van der Waals surface area contributed by atoms with Gasteiger partial charge in [0.25, 0.3) is 0 Å². The molecule has 1 aromatic carbocycles. The molecule has 0 heterocycles. The summed E-state index contributed by atoms with van der Waals surface area (Å²) in [5.74, 6) is -0.600. The van der Waals surface area contributed by atoms with Gasteiger partial charge in [-0.1, -0.05) is 23.2 Å². The van der Waals surface area contributed by atoms with Crippen molar-refractivity contribution in [3.63, 3.8) is 0 Å². The summed E-state index contributed by atoms with van der Waals surface area (Å²) in [6, 6.07) is 4.75. The summed E-state index contributed by atoms with van der Waals surface area (Å²) in [4.78, 5) is 24.4. The summed E-state index contributed by atoms with van der Waals surface area (Å²) in [5, 5.41) is 3.38. The number of carbonyl (C=O) groups is 2. The topological polar surface area (TPSA) is 58.6 Å². The van der Waals surface area contributed by atoms with Gasteiger partial charge in [-0.25, -0.2) is 0 Å². The number of rotatable bonds is 5. The third kappa shape index (κ3) is 5.06. The van der Waals surface area contributed by atoms with Crippen LogP contribution >= 0.6 is 23.2 Å². The standard InChI is InChI=1S/C12H14Cl2N2O3/c1-16(12(18)7-19-2)6-11(17)15-8-3-4-9(13)10(14)5-8/h3-5H,6-7H2,1-2H3,(H,15,17). The number of benzene rings is 1. The smallest absolute Gasteiger partial charge is 0.248 e. The number of carbonyl (C=O) groups excluding carboxylic acids is 2. The molecule has 1 rings (SSSR count). The highest BCUT2D eigenvalue weighted by molar-refractivity contribution is 6.42. The van der Waals surface area contributed by atoms with E-state index in [4.69, 9.17) is 27.9 Å². The number of nitrogens with one attached hydrogen (secondary N) is 1. The van der Waals surface area contributed by atoms with Crippen LogP contribution in [0.15, 0.2) is 18.2 Å². The van der Waals surface area contributed by atoms with Crippen LogP contribution in [0.5, 0.6) is 0 Å². The molecule has 0 saturated carbocycles. The molecule has 0 aliphatic heterocycles. The van der Waals surface area contributed by atoms with Crippen LogP contribution < -0.4 is 5.32 Å². The maximum Gasteiger partial charge on any atom is 0.248 e. The number of amides is 2. The van der Waals surface area contributed by atoms with Gasteiger partial charge in [-0.3, -0.25) is 9.59 Å². The highest BCUT2D eigenvalue weighted by atomic mass is 35.5. The lowest BCUT2D eigenvalue weighted by Crippen LogP contribution is -2.36. The van der Waals surface area contributed by atoms with Crippen molar-refractivity contribution in [2.45, 2.75) is 0 Å². The summed E-state index contributed by atoms with van der Waals surface area (Å²) >= 11 is 11.6. The Morgan fingerprint density at radius 1 is 1.32 bits per heavy atom. The van der Waals surface area contributed by atoms with E-state index in [1.807, 2.05) is 0 Å². The van der Waals surface area contributed by atoms with Gasteiger partial charge in [-0.05, 0) is 18.2 Å². The summed E-state index contributed by atoms with van der Waals surface area (Å²) in [6.45, 7) is -0.126. The van der Waals surface area contributed by atoms with Crippen molar-refractivity contribution < 1.29 is 14.3 Å². The second-order valence-electron chi connectivity index (χ2n) is 3.86. The molecule has 0 saturated heterocycles. The van der Waals surface area contributed by atoms with Crippen molar-refractivity contribution in [2.24, 2.45) is 0 Å². The first-order chi connectivity index (χ1) is 8.93. The van der Waals surface area contributed by atoms with E-state index in [0.29, 0.717) is 15.7 Å². The van der Waals surface area contributed by atoms with E-state index in [0.717, 1.165) is 0 Å². The fourth-order valence-electron chi connectivity index (χ4n) is 1.31. The molecule has 0 radical (unpaired) electrons. The zero-order valence-electron chi connectivity index (χ0n) is 10.6. The van der Waals surface area contributed by atoms with Crippen LogP contribution in [0.1, 0.15) is 0 Å². The van der Waals surface area contributed by atoms with E-state index >= 15 is 0 Å². The summed E-state index contributed by atoms with van der Waals surface area (Å²) < 4.78 is 4.70. The van der Waals surface area contributed by atoms with Crippen LogP contribution in [0.25, 0.3) is 0 Å². The number of likely N-dealkylation sites (N-methyl/N-ethyl adjacent to an activating group) is 1. The van der Waals surface area contributed by atoms with Gasteiger partial charge < -0.3 is 15.0 Å². The summed E-state index contributed by atoms with van der Waals surface area (Å²) in [7, 11) is 2.94. The Balaban J connectivity index is 2.55. The minimum Gasteiger partial charge on any atom is -0.375 e. The Morgan fingerprint density at radius 3 is 2.58 bits per heavy atom. The average molecular weight is 305 g/mol. The maximum absolute atomic E-state index is 11.7. The van der Waals surface area contributed by atoms with E-state index in [-0.39, 0.29) is 25.0 Å². The van der Waals surface area contributed by atoms with Crippen molar-refractivity contribution >= 4 is 40.7 Å². The molecular weight excluding hydrogens is 291 g/mol. The molecule has 1 aromatic rings. The van der Waals surface area contributed by atoms with Crippen LogP contribution in [0.4, 0.5) is 5.69 Å². The number of nitrogens with zero attached hydrogens (tertiary/aromatic N) is 1. The summed E-state index contributed by atoms with van der Waals surface area (Å²) in [5.41, 5.74) is 0.520. The molecule has 0 aliphatic rings. The minimum absolute atomic E-state index is 0.0590. The first-order valence-corrected chi connectivity index (χ1v) is 6.17. The Labute approximate surface area is 121 Å². The second-order valence-corrected chi connectivity index (χ2v) is 4.67. The third-order valence-electron chi connectivity index (χ3n) is 2.28. The number of anilines is 1. The highest BCUT2D eigenvalue weighted by Crippen LogP contribution is 2.24. The number of hydrogen-bond donors (Lipinski definition) is 1.